The first-order valence-electron chi connectivity index (χ1n) is 15.2. The quantitative estimate of drug-likeness (QED) is 0.0920. The molecule has 292 valence electrons. The minimum absolute atomic E-state index is 0. The van der Waals surface area contributed by atoms with Gasteiger partial charge < -0.3 is 39.2 Å². The number of nitrogens with one attached hydrogen (secondary N) is 1. The number of carbonyl (C=O) groups is 3. The Balaban J connectivity index is -0.000000402. The van der Waals surface area contributed by atoms with Gasteiger partial charge in [-0.05, 0) is 58.2 Å². The van der Waals surface area contributed by atoms with Crippen molar-refractivity contribution >= 4 is 45.3 Å². The molecule has 0 radical (unpaired) electrons. The van der Waals surface area contributed by atoms with Gasteiger partial charge in [0.25, 0.3) is 0 Å². The second-order valence-corrected chi connectivity index (χ2v) is 12.5. The van der Waals surface area contributed by atoms with Crippen LogP contribution in [0.2, 0.25) is 0 Å². The monoisotopic (exact) mass is 758 g/mol. The summed E-state index contributed by atoms with van der Waals surface area (Å²) in [6, 6.07) is 18.0. The highest BCUT2D eigenvalue weighted by Gasteiger charge is 2.26. The van der Waals surface area contributed by atoms with Crippen molar-refractivity contribution in [3.8, 4) is 0 Å². The second-order valence-electron chi connectivity index (χ2n) is 12.5. The first-order valence-corrected chi connectivity index (χ1v) is 15.2. The highest BCUT2D eigenvalue weighted by molar-refractivity contribution is 7.59. The van der Waals surface area contributed by atoms with E-state index in [4.69, 9.17) is 24.5 Å². The number of aliphatic hydroxyl groups excluding tert-OH is 1. The molecule has 0 aliphatic heterocycles. The third-order valence-corrected chi connectivity index (χ3v) is 6.14. The molecule has 0 heterocycles. The predicted molar refractivity (Wildman–Crippen MR) is 212 cm³/mol. The van der Waals surface area contributed by atoms with Gasteiger partial charge in [0.1, 0.15) is 17.8 Å². The number of azide groups is 1. The SMILES string of the molecule is C.C.CN(C(=O)OC(C)(C)C)[C@@H](CN=[N+]=[N-])COCc1ccccc1.CN(C(=O)OC(C)(C)C)[C@H](CO)CNC(=O)OCc1ccccc1.S.S. The lowest BCUT2D eigenvalue weighted by Crippen LogP contribution is -2.48. The predicted octanol–water partition coefficient (Wildman–Crippen LogP) is 7.39. The van der Waals surface area contributed by atoms with Crippen LogP contribution in [0.1, 0.15) is 67.5 Å². The summed E-state index contributed by atoms with van der Waals surface area (Å²) in [4.78, 5) is 41.2. The summed E-state index contributed by atoms with van der Waals surface area (Å²) in [6.07, 6.45) is -1.66. The van der Waals surface area contributed by atoms with E-state index in [2.05, 4.69) is 15.3 Å². The maximum Gasteiger partial charge on any atom is 0.410 e. The molecule has 0 aliphatic carbocycles. The van der Waals surface area contributed by atoms with Gasteiger partial charge >= 0.3 is 18.3 Å². The van der Waals surface area contributed by atoms with Gasteiger partial charge in [0, 0.05) is 32.1 Å². The maximum atomic E-state index is 12.1. The number of amides is 3. The summed E-state index contributed by atoms with van der Waals surface area (Å²) in [5.74, 6) is 0. The Labute approximate surface area is 318 Å². The molecule has 2 aromatic carbocycles. The van der Waals surface area contributed by atoms with Crippen LogP contribution in [0.5, 0.6) is 0 Å². The van der Waals surface area contributed by atoms with Crippen LogP contribution in [0.25, 0.3) is 10.4 Å². The van der Waals surface area contributed by atoms with E-state index in [0.717, 1.165) is 11.1 Å². The van der Waals surface area contributed by atoms with Gasteiger partial charge in [-0.15, -0.1) is 0 Å². The molecular weight excluding hydrogens is 697 g/mol. The van der Waals surface area contributed by atoms with E-state index in [1.165, 1.54) is 16.8 Å². The number of hydrogen-bond donors (Lipinski definition) is 2. The Morgan fingerprint density at radius 3 is 1.65 bits per heavy atom. The molecule has 0 unspecified atom stereocenters. The minimum Gasteiger partial charge on any atom is -0.445 e. The molecule has 0 saturated carbocycles. The molecular formula is C35H62N6O8S2. The zero-order valence-electron chi connectivity index (χ0n) is 29.7. The summed E-state index contributed by atoms with van der Waals surface area (Å²) in [7, 11) is 3.11. The Kier molecular flexibility index (Phi) is 29.5. The minimum atomic E-state index is -0.632. The summed E-state index contributed by atoms with van der Waals surface area (Å²) in [5, 5.41) is 15.5. The van der Waals surface area contributed by atoms with Crippen LogP contribution in [0, 0.1) is 0 Å². The van der Waals surface area contributed by atoms with E-state index in [1.54, 1.807) is 48.6 Å². The molecule has 3 amide bonds. The Morgan fingerprint density at radius 1 is 0.804 bits per heavy atom. The number of likely N-dealkylation sites (N-methyl/N-ethyl adjacent to an activating group) is 2. The van der Waals surface area contributed by atoms with Crippen LogP contribution in [0.3, 0.4) is 0 Å². The van der Waals surface area contributed by atoms with Gasteiger partial charge in [-0.2, -0.15) is 27.0 Å². The molecule has 0 fully saturated rings. The van der Waals surface area contributed by atoms with Gasteiger partial charge in [-0.3, -0.25) is 0 Å². The molecule has 0 aliphatic rings. The maximum absolute atomic E-state index is 12.1. The van der Waals surface area contributed by atoms with Crippen molar-refractivity contribution in [2.24, 2.45) is 5.11 Å². The van der Waals surface area contributed by atoms with Crippen molar-refractivity contribution in [2.75, 3.05) is 40.4 Å². The van der Waals surface area contributed by atoms with Gasteiger partial charge in [0.15, 0.2) is 0 Å². The fraction of sp³-hybridized carbons (Fsp3) is 0.571. The molecule has 14 nitrogen and oxygen atoms in total. The lowest BCUT2D eigenvalue weighted by Gasteiger charge is -2.29. The zero-order chi connectivity index (χ0) is 35.5. The smallest absolute Gasteiger partial charge is 0.410 e. The number of rotatable bonds is 13. The highest BCUT2D eigenvalue weighted by atomic mass is 32.1. The van der Waals surface area contributed by atoms with Crippen LogP contribution in [-0.2, 0) is 32.2 Å². The van der Waals surface area contributed by atoms with Crippen molar-refractivity contribution in [3.63, 3.8) is 0 Å². The number of aliphatic hydroxyl groups is 1. The van der Waals surface area contributed by atoms with Gasteiger partial charge in [-0.25, -0.2) is 14.4 Å². The molecule has 2 rings (SSSR count). The standard InChI is InChI=1S/C17H26N2O5.C16H24N4O3.2CH4.2H2S/c1-17(2,3)24-16(22)19(4)14(11-20)10-18-15(21)23-12-13-8-6-5-7-9-13;1-16(2,3)23-15(21)20(4)14(10-18-19-17)12-22-11-13-8-6-5-7-9-13;;;;/h5-9,14,20H,10-12H2,1-4H3,(H,18,21);5-9,14H,10-12H2,1-4H3;2*1H4;2*1H2/t2*14-;;;;/m00..../s1. The topological polar surface area (TPSA) is 176 Å². The van der Waals surface area contributed by atoms with Crippen LogP contribution >= 0.6 is 27.0 Å². The van der Waals surface area contributed by atoms with E-state index >= 15 is 0 Å². The number of hydrogen-bond acceptors (Lipinski definition) is 9. The molecule has 0 saturated heterocycles. The van der Waals surface area contributed by atoms with Gasteiger partial charge in [0.05, 0.1) is 31.9 Å². The Bertz CT molecular complexity index is 1270. The van der Waals surface area contributed by atoms with Crippen molar-refractivity contribution in [1.29, 1.82) is 0 Å². The average molecular weight is 759 g/mol. The molecule has 2 aromatic rings. The summed E-state index contributed by atoms with van der Waals surface area (Å²) in [6.45, 7) is 11.4. The van der Waals surface area contributed by atoms with Crippen molar-refractivity contribution in [2.45, 2.75) is 92.9 Å². The molecule has 0 spiro atoms. The van der Waals surface area contributed by atoms with Crippen LogP contribution in [0.15, 0.2) is 65.8 Å². The van der Waals surface area contributed by atoms with E-state index in [0.29, 0.717) is 6.61 Å². The molecule has 0 bridgehead atoms. The summed E-state index contributed by atoms with van der Waals surface area (Å²) < 4.78 is 21.3. The normalized spacial score (nSPS) is 11.2. The summed E-state index contributed by atoms with van der Waals surface area (Å²) in [5.41, 5.74) is 9.20. The number of benzene rings is 2. The molecule has 0 aromatic heterocycles. The fourth-order valence-corrected chi connectivity index (χ4v) is 3.57. The summed E-state index contributed by atoms with van der Waals surface area (Å²) >= 11 is 0. The van der Waals surface area contributed by atoms with Crippen LogP contribution in [-0.4, -0.2) is 96.9 Å². The van der Waals surface area contributed by atoms with Crippen molar-refractivity contribution in [3.05, 3.63) is 82.2 Å². The number of carbonyl (C=O) groups excluding carboxylic acids is 3. The largest absolute Gasteiger partial charge is 0.445 e. The van der Waals surface area contributed by atoms with Crippen molar-refractivity contribution < 1.29 is 38.4 Å². The molecule has 16 heteroatoms. The van der Waals surface area contributed by atoms with Crippen molar-refractivity contribution in [1.82, 2.24) is 15.1 Å². The lowest BCUT2D eigenvalue weighted by atomic mass is 10.2. The zero-order valence-corrected chi connectivity index (χ0v) is 31.7. The first-order chi connectivity index (χ1) is 22.1. The first kappa shape index (κ1) is 54.0. The third-order valence-electron chi connectivity index (χ3n) is 6.14. The third kappa shape index (κ3) is 24.9. The molecule has 51 heavy (non-hydrogen) atoms. The van der Waals surface area contributed by atoms with Crippen LogP contribution < -0.4 is 5.32 Å². The fourth-order valence-electron chi connectivity index (χ4n) is 3.57. The van der Waals surface area contributed by atoms with E-state index in [9.17, 15) is 19.5 Å². The second kappa shape index (κ2) is 27.8. The number of alkyl carbamates (subject to hydrolysis) is 1. The van der Waals surface area contributed by atoms with Gasteiger partial charge in [0.2, 0.25) is 0 Å². The van der Waals surface area contributed by atoms with Gasteiger partial charge in [-0.1, -0.05) is 80.6 Å². The van der Waals surface area contributed by atoms with E-state index in [1.807, 2.05) is 60.7 Å². The highest BCUT2D eigenvalue weighted by Crippen LogP contribution is 2.13. The Hall–Kier alpha value is -3.82. The Morgan fingerprint density at radius 2 is 1.24 bits per heavy atom. The number of ether oxygens (including phenoxy) is 4. The molecule has 2 atom stereocenters. The van der Waals surface area contributed by atoms with E-state index in [-0.39, 0.29) is 80.8 Å². The van der Waals surface area contributed by atoms with Crippen LogP contribution in [0.4, 0.5) is 14.4 Å². The van der Waals surface area contributed by atoms with E-state index < -0.39 is 35.5 Å². The average Bonchev–Trinajstić information content (AvgIpc) is 3.01. The lowest BCUT2D eigenvalue weighted by molar-refractivity contribution is 0.00760. The molecule has 2 N–H and O–H groups in total. The number of nitrogens with zero attached hydrogens (tertiary/aromatic N) is 5.